The van der Waals surface area contributed by atoms with E-state index in [1.807, 2.05) is 18.7 Å². The van der Waals surface area contributed by atoms with Gasteiger partial charge in [0.15, 0.2) is 0 Å². The molecule has 6 nitrogen and oxygen atoms in total. The van der Waals surface area contributed by atoms with Crippen molar-refractivity contribution in [3.8, 4) is 0 Å². The van der Waals surface area contributed by atoms with Crippen molar-refractivity contribution in [2.45, 2.75) is 13.8 Å². The van der Waals surface area contributed by atoms with Gasteiger partial charge >= 0.3 is 0 Å². The molecule has 0 saturated carbocycles. The van der Waals surface area contributed by atoms with Crippen LogP contribution in [-0.4, -0.2) is 93.4 Å². The predicted molar refractivity (Wildman–Crippen MR) is 80.5 cm³/mol. The number of rotatable bonds is 7. The molecule has 0 bridgehead atoms. The quantitative estimate of drug-likeness (QED) is 0.636. The number of piperazine rings is 1. The first-order valence-corrected chi connectivity index (χ1v) is 9.32. The van der Waals surface area contributed by atoms with E-state index in [4.69, 9.17) is 0 Å². The molecular weight excluding hydrogens is 278 g/mol. The Bertz CT molecular complexity index is 399. The molecule has 1 rings (SSSR count). The fraction of sp³-hybridized carbons (Fsp3) is 0.923. The third kappa shape index (κ3) is 6.19. The van der Waals surface area contributed by atoms with Crippen LogP contribution in [-0.2, 0) is 14.6 Å². The first-order valence-electron chi connectivity index (χ1n) is 7.26. The highest BCUT2D eigenvalue weighted by Crippen LogP contribution is 2.03. The van der Waals surface area contributed by atoms with Gasteiger partial charge in [-0.1, -0.05) is 0 Å². The van der Waals surface area contributed by atoms with Gasteiger partial charge in [-0.15, -0.1) is 0 Å². The molecule has 1 saturated heterocycles. The van der Waals surface area contributed by atoms with Gasteiger partial charge in [-0.2, -0.15) is 0 Å². The molecular formula is C13H27N3O3S. The Morgan fingerprint density at radius 3 is 2.00 bits per heavy atom. The molecule has 0 atom stereocenters. The summed E-state index contributed by atoms with van der Waals surface area (Å²) in [5.74, 6) is 0.394. The lowest BCUT2D eigenvalue weighted by Gasteiger charge is -2.35. The average Bonchev–Trinajstić information content (AvgIpc) is 2.38. The molecule has 1 aliphatic heterocycles. The van der Waals surface area contributed by atoms with Crippen LogP contribution in [0, 0.1) is 0 Å². The highest BCUT2D eigenvalue weighted by molar-refractivity contribution is 7.90. The summed E-state index contributed by atoms with van der Waals surface area (Å²) < 4.78 is 22.3. The molecule has 0 radical (unpaired) electrons. The van der Waals surface area contributed by atoms with Crippen molar-refractivity contribution in [3.63, 3.8) is 0 Å². The maximum Gasteiger partial charge on any atom is 0.236 e. The van der Waals surface area contributed by atoms with Gasteiger partial charge < -0.3 is 4.90 Å². The van der Waals surface area contributed by atoms with E-state index in [2.05, 4.69) is 9.80 Å². The van der Waals surface area contributed by atoms with Gasteiger partial charge in [-0.3, -0.25) is 14.6 Å². The first-order chi connectivity index (χ1) is 9.35. The van der Waals surface area contributed by atoms with Gasteiger partial charge in [0.25, 0.3) is 0 Å². The van der Waals surface area contributed by atoms with Gasteiger partial charge in [-0.05, 0) is 13.8 Å². The normalized spacial score (nSPS) is 18.1. The summed E-state index contributed by atoms with van der Waals surface area (Å²) in [4.78, 5) is 18.1. The van der Waals surface area contributed by atoms with Crippen molar-refractivity contribution >= 4 is 15.7 Å². The zero-order valence-corrected chi connectivity index (χ0v) is 13.7. The lowest BCUT2D eigenvalue weighted by Crippen LogP contribution is -2.50. The van der Waals surface area contributed by atoms with E-state index in [-0.39, 0.29) is 11.7 Å². The fourth-order valence-corrected chi connectivity index (χ4v) is 2.92. The van der Waals surface area contributed by atoms with Crippen LogP contribution in [0.1, 0.15) is 13.8 Å². The maximum atomic E-state index is 12.0. The number of nitrogens with zero attached hydrogens (tertiary/aromatic N) is 3. The van der Waals surface area contributed by atoms with Crippen molar-refractivity contribution in [2.75, 3.05) is 64.4 Å². The minimum atomic E-state index is -2.89. The molecule has 1 amide bonds. The Morgan fingerprint density at radius 2 is 1.55 bits per heavy atom. The second-order valence-corrected chi connectivity index (χ2v) is 7.57. The molecule has 0 unspecified atom stereocenters. The average molecular weight is 305 g/mol. The third-order valence-corrected chi connectivity index (χ3v) is 4.64. The number of carbonyl (C=O) groups excluding carboxylic acids is 1. The zero-order valence-electron chi connectivity index (χ0n) is 12.8. The lowest BCUT2D eigenvalue weighted by molar-refractivity contribution is -0.132. The summed E-state index contributed by atoms with van der Waals surface area (Å²) in [6.07, 6.45) is 1.27. The van der Waals surface area contributed by atoms with Crippen LogP contribution < -0.4 is 0 Å². The van der Waals surface area contributed by atoms with Crippen molar-refractivity contribution < 1.29 is 13.2 Å². The van der Waals surface area contributed by atoms with Crippen LogP contribution in [0.2, 0.25) is 0 Å². The van der Waals surface area contributed by atoms with E-state index in [9.17, 15) is 13.2 Å². The number of likely N-dealkylation sites (N-methyl/N-ethyl adjacent to an activating group) is 1. The first kappa shape index (κ1) is 17.4. The second-order valence-electron chi connectivity index (χ2n) is 5.31. The predicted octanol–water partition coefficient (Wildman–Crippen LogP) is -0.483. The van der Waals surface area contributed by atoms with Crippen LogP contribution in [0.4, 0.5) is 0 Å². The topological polar surface area (TPSA) is 60.9 Å². The Labute approximate surface area is 122 Å². The minimum Gasteiger partial charge on any atom is -0.342 e. The number of hydrogen-bond acceptors (Lipinski definition) is 5. The number of carbonyl (C=O) groups is 1. The second kappa shape index (κ2) is 7.95. The molecule has 1 heterocycles. The Morgan fingerprint density at radius 1 is 1.05 bits per heavy atom. The standard InChI is InChI=1S/C13H27N3O3S/c1-4-16(5-2)13(17)12-15-8-6-14(7-9-15)10-11-20(3,18)19/h4-12H2,1-3H3. The summed E-state index contributed by atoms with van der Waals surface area (Å²) in [5.41, 5.74) is 0. The number of sulfone groups is 1. The number of amides is 1. The van der Waals surface area contributed by atoms with Crippen LogP contribution in [0.5, 0.6) is 0 Å². The SMILES string of the molecule is CCN(CC)C(=O)CN1CCN(CCS(C)(=O)=O)CC1. The summed E-state index contributed by atoms with van der Waals surface area (Å²) >= 11 is 0. The molecule has 0 spiro atoms. The van der Waals surface area contributed by atoms with Crippen LogP contribution in [0.3, 0.4) is 0 Å². The van der Waals surface area contributed by atoms with Gasteiger partial charge in [0.2, 0.25) is 5.91 Å². The van der Waals surface area contributed by atoms with Crippen molar-refractivity contribution in [2.24, 2.45) is 0 Å². The van der Waals surface area contributed by atoms with E-state index in [1.54, 1.807) is 0 Å². The van der Waals surface area contributed by atoms with Gasteiger partial charge in [0.1, 0.15) is 9.84 Å². The summed E-state index contributed by atoms with van der Waals surface area (Å²) in [7, 11) is -2.89. The smallest absolute Gasteiger partial charge is 0.236 e. The Kier molecular flexibility index (Phi) is 6.91. The van der Waals surface area contributed by atoms with E-state index in [0.717, 1.165) is 39.3 Å². The summed E-state index contributed by atoms with van der Waals surface area (Å²) in [6, 6.07) is 0. The van der Waals surface area contributed by atoms with Crippen LogP contribution in [0.15, 0.2) is 0 Å². The molecule has 20 heavy (non-hydrogen) atoms. The molecule has 0 N–H and O–H groups in total. The molecule has 118 valence electrons. The van der Waals surface area contributed by atoms with Crippen LogP contribution >= 0.6 is 0 Å². The van der Waals surface area contributed by atoms with Gasteiger partial charge in [0, 0.05) is 52.1 Å². The van der Waals surface area contributed by atoms with E-state index < -0.39 is 9.84 Å². The Hall–Kier alpha value is -0.660. The molecule has 7 heteroatoms. The monoisotopic (exact) mass is 305 g/mol. The third-order valence-electron chi connectivity index (χ3n) is 3.72. The van der Waals surface area contributed by atoms with E-state index in [0.29, 0.717) is 13.1 Å². The molecule has 1 aliphatic rings. The largest absolute Gasteiger partial charge is 0.342 e. The van der Waals surface area contributed by atoms with Gasteiger partial charge in [-0.25, -0.2) is 8.42 Å². The lowest BCUT2D eigenvalue weighted by atomic mass is 10.3. The van der Waals surface area contributed by atoms with Crippen molar-refractivity contribution in [1.29, 1.82) is 0 Å². The van der Waals surface area contributed by atoms with Crippen LogP contribution in [0.25, 0.3) is 0 Å². The molecule has 0 aromatic heterocycles. The molecule has 0 aromatic rings. The van der Waals surface area contributed by atoms with Gasteiger partial charge in [0.05, 0.1) is 12.3 Å². The van der Waals surface area contributed by atoms with E-state index >= 15 is 0 Å². The van der Waals surface area contributed by atoms with Crippen molar-refractivity contribution in [3.05, 3.63) is 0 Å². The summed E-state index contributed by atoms with van der Waals surface area (Å²) in [6.45, 7) is 9.89. The molecule has 0 aliphatic carbocycles. The minimum absolute atomic E-state index is 0.180. The van der Waals surface area contributed by atoms with E-state index in [1.165, 1.54) is 6.26 Å². The fourth-order valence-electron chi connectivity index (χ4n) is 2.33. The molecule has 0 aromatic carbocycles. The zero-order chi connectivity index (χ0) is 15.2. The van der Waals surface area contributed by atoms with Crippen molar-refractivity contribution in [1.82, 2.24) is 14.7 Å². The molecule has 1 fully saturated rings. The summed E-state index contributed by atoms with van der Waals surface area (Å²) in [5, 5.41) is 0. The maximum absolute atomic E-state index is 12.0. The Balaban J connectivity index is 2.30. The number of hydrogen-bond donors (Lipinski definition) is 0. The highest BCUT2D eigenvalue weighted by Gasteiger charge is 2.21. The highest BCUT2D eigenvalue weighted by atomic mass is 32.2.